The first-order chi connectivity index (χ1) is 8.92. The number of rotatable bonds is 3. The molecular formula is C11H14N4O3S. The molecule has 2 saturated heterocycles. The molecule has 3 heterocycles. The van der Waals surface area contributed by atoms with Crippen LogP contribution in [-0.2, 0) is 9.59 Å². The van der Waals surface area contributed by atoms with Gasteiger partial charge in [-0.2, -0.15) is 0 Å². The molecule has 2 aliphatic rings. The normalized spacial score (nSPS) is 31.8. The van der Waals surface area contributed by atoms with E-state index >= 15 is 0 Å². The summed E-state index contributed by atoms with van der Waals surface area (Å²) in [5.41, 5.74) is 0. The summed E-state index contributed by atoms with van der Waals surface area (Å²) < 4.78 is -0.494. The van der Waals surface area contributed by atoms with Gasteiger partial charge < -0.3 is 20.3 Å². The molecule has 2 unspecified atom stereocenters. The molecule has 19 heavy (non-hydrogen) atoms. The number of amides is 1. The first-order valence-electron chi connectivity index (χ1n) is 5.90. The van der Waals surface area contributed by atoms with Gasteiger partial charge in [0.25, 0.3) is 0 Å². The lowest BCUT2D eigenvalue weighted by atomic mass is 9.96. The third kappa shape index (κ3) is 1.70. The number of fused-ring (bicyclic) bond motifs is 1. The monoisotopic (exact) mass is 282 g/mol. The molecule has 1 aromatic heterocycles. The summed E-state index contributed by atoms with van der Waals surface area (Å²) in [5.74, 6) is -0.619. The molecule has 0 aromatic carbocycles. The van der Waals surface area contributed by atoms with Gasteiger partial charge in [-0.25, -0.2) is 9.78 Å². The molecular weight excluding hydrogens is 268 g/mol. The van der Waals surface area contributed by atoms with Gasteiger partial charge in [-0.05, 0) is 13.8 Å². The van der Waals surface area contributed by atoms with E-state index < -0.39 is 22.8 Å². The van der Waals surface area contributed by atoms with Gasteiger partial charge in [0.05, 0.1) is 0 Å². The molecule has 3 rings (SSSR count). The number of carbonyl (C=O) groups excluding carboxylic acids is 1. The Hall–Kier alpha value is -1.70. The molecule has 1 amide bonds. The number of nitrogens with zero attached hydrogens (tertiary/aromatic N) is 2. The summed E-state index contributed by atoms with van der Waals surface area (Å²) in [6.07, 6.45) is 3.25. The molecule has 1 aromatic rings. The number of carboxylic acid groups (broad SMARTS) is 1. The Bertz CT molecular complexity index is 530. The molecule has 0 aliphatic carbocycles. The third-order valence-corrected chi connectivity index (χ3v) is 5.04. The largest absolute Gasteiger partial charge is 0.480 e. The SMILES string of the molecule is CC1(C)S[C@H]2C(Nc3ncc[nH]3)C(=O)N2C1C(=O)O. The third-order valence-electron chi connectivity index (χ3n) is 3.47. The van der Waals surface area contributed by atoms with Gasteiger partial charge in [-0.1, -0.05) is 0 Å². The number of H-pyrrole nitrogens is 1. The fourth-order valence-corrected chi connectivity index (χ4v) is 4.26. The minimum absolute atomic E-state index is 0.159. The lowest BCUT2D eigenvalue weighted by Crippen LogP contribution is -2.68. The summed E-state index contributed by atoms with van der Waals surface area (Å²) in [7, 11) is 0. The number of thioether (sulfide) groups is 1. The Morgan fingerprint density at radius 3 is 2.95 bits per heavy atom. The Morgan fingerprint density at radius 1 is 1.63 bits per heavy atom. The number of carboxylic acids is 1. The summed E-state index contributed by atoms with van der Waals surface area (Å²) in [6.45, 7) is 3.71. The van der Waals surface area contributed by atoms with Crippen LogP contribution in [0.3, 0.4) is 0 Å². The number of carbonyl (C=O) groups is 2. The number of nitrogens with one attached hydrogen (secondary N) is 2. The summed E-state index contributed by atoms with van der Waals surface area (Å²) in [6, 6.07) is -1.19. The minimum Gasteiger partial charge on any atom is -0.480 e. The van der Waals surface area contributed by atoms with Crippen molar-refractivity contribution in [2.75, 3.05) is 5.32 Å². The predicted molar refractivity (Wildman–Crippen MR) is 69.7 cm³/mol. The number of β-lactam (4-membered cyclic amide) rings is 1. The van der Waals surface area contributed by atoms with Crippen LogP contribution in [0.1, 0.15) is 13.8 Å². The average Bonchev–Trinajstić information content (AvgIpc) is 2.90. The van der Waals surface area contributed by atoms with Crippen molar-refractivity contribution < 1.29 is 14.7 Å². The Labute approximate surface area is 113 Å². The quantitative estimate of drug-likeness (QED) is 0.691. The molecule has 0 radical (unpaired) electrons. The van der Waals surface area contributed by atoms with Crippen LogP contribution in [0.15, 0.2) is 12.4 Å². The van der Waals surface area contributed by atoms with Gasteiger partial charge in [0.2, 0.25) is 11.9 Å². The molecule has 0 bridgehead atoms. The maximum atomic E-state index is 12.1. The van der Waals surface area contributed by atoms with Crippen LogP contribution < -0.4 is 5.32 Å². The summed E-state index contributed by atoms with van der Waals surface area (Å²) >= 11 is 1.51. The molecule has 7 nitrogen and oxygen atoms in total. The van der Waals surface area contributed by atoms with Crippen molar-refractivity contribution in [1.29, 1.82) is 0 Å². The van der Waals surface area contributed by atoms with Gasteiger partial charge in [0, 0.05) is 17.1 Å². The molecule has 0 spiro atoms. The number of aliphatic carboxylic acids is 1. The van der Waals surface area contributed by atoms with Crippen LogP contribution >= 0.6 is 11.8 Å². The topological polar surface area (TPSA) is 98.3 Å². The molecule has 102 valence electrons. The van der Waals surface area contributed by atoms with Crippen molar-refractivity contribution in [3.63, 3.8) is 0 Å². The number of hydrogen-bond donors (Lipinski definition) is 3. The second kappa shape index (κ2) is 3.89. The maximum Gasteiger partial charge on any atom is 0.327 e. The van der Waals surface area contributed by atoms with Crippen molar-refractivity contribution >= 4 is 29.6 Å². The summed E-state index contributed by atoms with van der Waals surface area (Å²) in [5, 5.41) is 12.1. The zero-order chi connectivity index (χ0) is 13.8. The van der Waals surface area contributed by atoms with Crippen molar-refractivity contribution in [2.24, 2.45) is 0 Å². The van der Waals surface area contributed by atoms with E-state index in [0.717, 1.165) is 0 Å². The van der Waals surface area contributed by atoms with Crippen molar-refractivity contribution in [1.82, 2.24) is 14.9 Å². The predicted octanol–water partition coefficient (Wildman–Crippen LogP) is 0.337. The molecule has 2 fully saturated rings. The number of anilines is 1. The number of imidazole rings is 1. The van der Waals surface area contributed by atoms with Crippen LogP contribution in [0.4, 0.5) is 5.95 Å². The highest BCUT2D eigenvalue weighted by molar-refractivity contribution is 8.01. The van der Waals surface area contributed by atoms with Crippen molar-refractivity contribution in [3.05, 3.63) is 12.4 Å². The highest BCUT2D eigenvalue weighted by Gasteiger charge is 2.64. The van der Waals surface area contributed by atoms with E-state index in [-0.39, 0.29) is 11.3 Å². The molecule has 8 heteroatoms. The molecule has 3 atom stereocenters. The zero-order valence-electron chi connectivity index (χ0n) is 10.5. The smallest absolute Gasteiger partial charge is 0.327 e. The molecule has 2 aliphatic heterocycles. The first-order valence-corrected chi connectivity index (χ1v) is 6.78. The zero-order valence-corrected chi connectivity index (χ0v) is 11.3. The van der Waals surface area contributed by atoms with Gasteiger partial charge in [-0.3, -0.25) is 4.79 Å². The standard InChI is InChI=1S/C11H14N4O3S/c1-11(2)6(9(17)18)15-7(16)5(8(15)19-11)14-10-12-3-4-13-10/h3-6,8H,1-2H3,(H,17,18)(H2,12,13,14)/t5?,6?,8-/m0/s1. The van der Waals surface area contributed by atoms with E-state index in [1.54, 1.807) is 12.4 Å². The lowest BCUT2D eigenvalue weighted by Gasteiger charge is -2.43. The molecule has 3 N–H and O–H groups in total. The van der Waals surface area contributed by atoms with E-state index in [1.807, 2.05) is 13.8 Å². The van der Waals surface area contributed by atoms with Crippen molar-refractivity contribution in [2.45, 2.75) is 36.1 Å². The highest BCUT2D eigenvalue weighted by atomic mass is 32.2. The fraction of sp³-hybridized carbons (Fsp3) is 0.545. The second-order valence-electron chi connectivity index (χ2n) is 5.16. The second-order valence-corrected chi connectivity index (χ2v) is 6.93. The van der Waals surface area contributed by atoms with Gasteiger partial charge in [0.15, 0.2) is 0 Å². The summed E-state index contributed by atoms with van der Waals surface area (Å²) in [4.78, 5) is 31.8. The Kier molecular flexibility index (Phi) is 2.53. The van der Waals surface area contributed by atoms with E-state index in [2.05, 4.69) is 15.3 Å². The average molecular weight is 282 g/mol. The maximum absolute atomic E-state index is 12.1. The Morgan fingerprint density at radius 2 is 2.37 bits per heavy atom. The van der Waals surface area contributed by atoms with Crippen LogP contribution in [0.2, 0.25) is 0 Å². The van der Waals surface area contributed by atoms with Gasteiger partial charge in [-0.15, -0.1) is 11.8 Å². The Balaban J connectivity index is 1.81. The number of aromatic nitrogens is 2. The molecule has 0 saturated carbocycles. The van der Waals surface area contributed by atoms with E-state index in [1.165, 1.54) is 16.7 Å². The minimum atomic E-state index is -0.954. The van der Waals surface area contributed by atoms with E-state index in [9.17, 15) is 14.7 Å². The van der Waals surface area contributed by atoms with Gasteiger partial charge >= 0.3 is 5.97 Å². The van der Waals surface area contributed by atoms with Crippen LogP contribution in [0, 0.1) is 0 Å². The number of aromatic amines is 1. The number of hydrogen-bond acceptors (Lipinski definition) is 5. The lowest BCUT2D eigenvalue weighted by molar-refractivity contribution is -0.158. The van der Waals surface area contributed by atoms with Crippen LogP contribution in [0.5, 0.6) is 0 Å². The van der Waals surface area contributed by atoms with Crippen LogP contribution in [0.25, 0.3) is 0 Å². The van der Waals surface area contributed by atoms with E-state index in [0.29, 0.717) is 5.95 Å². The van der Waals surface area contributed by atoms with Crippen LogP contribution in [-0.4, -0.2) is 54.1 Å². The van der Waals surface area contributed by atoms with E-state index in [4.69, 9.17) is 0 Å². The van der Waals surface area contributed by atoms with Gasteiger partial charge in [0.1, 0.15) is 17.5 Å². The first kappa shape index (κ1) is 12.3. The van der Waals surface area contributed by atoms with Crippen molar-refractivity contribution in [3.8, 4) is 0 Å². The fourth-order valence-electron chi connectivity index (χ4n) is 2.64. The highest BCUT2D eigenvalue weighted by Crippen LogP contribution is 2.51.